The van der Waals surface area contributed by atoms with E-state index in [9.17, 15) is 31.9 Å². The first kappa shape index (κ1) is 37.9. The number of Topliss-reactive ketones (excluding diaryl/α,β-unsaturated/α-hetero) is 1. The van der Waals surface area contributed by atoms with Gasteiger partial charge in [0, 0.05) is 19.3 Å². The monoisotopic (exact) mass is 661 g/mol. The van der Waals surface area contributed by atoms with Crippen LogP contribution in [0.5, 0.6) is 5.75 Å². The number of aliphatic imine (C=N–C) groups is 1. The second kappa shape index (κ2) is 18.6. The van der Waals surface area contributed by atoms with E-state index >= 15 is 0 Å². The first-order valence-electron chi connectivity index (χ1n) is 14.2. The fraction of sp³-hybridized carbons (Fsp3) is 0.303. The lowest BCUT2D eigenvalue weighted by atomic mass is 9.96. The van der Waals surface area contributed by atoms with Gasteiger partial charge in [-0.1, -0.05) is 66.7 Å². The molecule has 0 unspecified atom stereocenters. The highest BCUT2D eigenvalue weighted by molar-refractivity contribution is 5.98. The number of ketones is 1. The predicted molar refractivity (Wildman–Crippen MR) is 164 cm³/mol. The van der Waals surface area contributed by atoms with Gasteiger partial charge in [-0.25, -0.2) is 14.2 Å². The number of amides is 1. The minimum Gasteiger partial charge on any atom is -0.494 e. The Labute approximate surface area is 268 Å². The van der Waals surface area contributed by atoms with Gasteiger partial charge in [-0.2, -0.15) is 13.2 Å². The quantitative estimate of drug-likeness (QED) is 0.105. The molecule has 1 amide bonds. The number of guanidine groups is 1. The summed E-state index contributed by atoms with van der Waals surface area (Å²) < 4.78 is 55.4. The van der Waals surface area contributed by atoms with E-state index in [-0.39, 0.29) is 36.8 Å². The molecule has 0 heterocycles. The number of esters is 1. The summed E-state index contributed by atoms with van der Waals surface area (Å²) in [5.74, 6) is -5.28. The molecule has 0 radical (unpaired) electrons. The maximum absolute atomic E-state index is 13.8. The van der Waals surface area contributed by atoms with E-state index in [0.717, 1.165) is 16.7 Å². The van der Waals surface area contributed by atoms with Crippen LogP contribution in [-0.4, -0.2) is 61.1 Å². The van der Waals surface area contributed by atoms with Crippen molar-refractivity contribution in [2.75, 3.05) is 14.2 Å². The highest BCUT2D eigenvalue weighted by Gasteiger charge is 2.38. The van der Waals surface area contributed by atoms with Gasteiger partial charge in [-0.05, 0) is 41.7 Å². The summed E-state index contributed by atoms with van der Waals surface area (Å²) >= 11 is 0. The third-order valence-electron chi connectivity index (χ3n) is 6.62. The van der Waals surface area contributed by atoms with E-state index in [0.29, 0.717) is 12.8 Å². The third-order valence-corrected chi connectivity index (χ3v) is 6.62. The molecule has 3 aromatic carbocycles. The lowest BCUT2D eigenvalue weighted by Gasteiger charge is -2.16. The van der Waals surface area contributed by atoms with Crippen LogP contribution in [0.15, 0.2) is 83.9 Å². The van der Waals surface area contributed by atoms with Crippen LogP contribution in [0.4, 0.5) is 17.6 Å². The van der Waals surface area contributed by atoms with Crippen molar-refractivity contribution in [3.63, 3.8) is 0 Å². The Morgan fingerprint density at radius 2 is 1.45 bits per heavy atom. The van der Waals surface area contributed by atoms with E-state index < -0.39 is 41.8 Å². The van der Waals surface area contributed by atoms with Crippen LogP contribution >= 0.6 is 0 Å². The fourth-order valence-corrected chi connectivity index (χ4v) is 4.28. The Hall–Kier alpha value is -5.27. The standard InChI is InChI=1S/C31H34FN3O5.C2HF3O2/c1-39-28-19-23(13-15-25(28)32)14-16-27(36)26(18-22-11-7-4-8-12-22)34-31(33)35-29(37)20-24(30(38)40-2)17-21-9-5-3-6-10-21;3-2(4,5)1(6)7/h3-13,15,19,24,26H,14,16-18,20H2,1-2H3,(H3,33,34,35,37);(H,6,7)/t24-,26+;/m0./s1. The first-order chi connectivity index (χ1) is 22.2. The topological polar surface area (TPSA) is 157 Å². The Morgan fingerprint density at radius 1 is 0.894 bits per heavy atom. The number of aryl methyl sites for hydroxylation is 1. The minimum atomic E-state index is -5.08. The molecule has 14 heteroatoms. The van der Waals surface area contributed by atoms with E-state index in [2.05, 4.69) is 10.3 Å². The van der Waals surface area contributed by atoms with Crippen molar-refractivity contribution in [2.45, 2.75) is 44.3 Å². The van der Waals surface area contributed by atoms with Crippen LogP contribution in [-0.2, 0) is 43.2 Å². The minimum absolute atomic E-state index is 0.105. The van der Waals surface area contributed by atoms with Gasteiger partial charge in [0.05, 0.1) is 20.1 Å². The zero-order chi connectivity index (χ0) is 35.0. The van der Waals surface area contributed by atoms with Crippen molar-refractivity contribution in [3.8, 4) is 5.75 Å². The van der Waals surface area contributed by atoms with Crippen molar-refractivity contribution in [2.24, 2.45) is 16.6 Å². The van der Waals surface area contributed by atoms with Crippen molar-refractivity contribution >= 4 is 29.6 Å². The Balaban J connectivity index is 0.000000984. The van der Waals surface area contributed by atoms with Gasteiger partial charge in [0.1, 0.15) is 6.04 Å². The largest absolute Gasteiger partial charge is 0.494 e. The molecule has 0 aliphatic carbocycles. The Kier molecular flexibility index (Phi) is 15.0. The van der Waals surface area contributed by atoms with E-state index in [1.54, 1.807) is 12.1 Å². The average molecular weight is 662 g/mol. The number of ether oxygens (including phenoxy) is 2. The van der Waals surface area contributed by atoms with Crippen molar-refractivity contribution in [1.82, 2.24) is 5.32 Å². The van der Waals surface area contributed by atoms with Crippen molar-refractivity contribution in [1.29, 1.82) is 0 Å². The van der Waals surface area contributed by atoms with Gasteiger partial charge in [0.25, 0.3) is 0 Å². The molecule has 0 aromatic heterocycles. The maximum Gasteiger partial charge on any atom is 0.490 e. The molecule has 252 valence electrons. The molecule has 3 aromatic rings. The number of halogens is 4. The van der Waals surface area contributed by atoms with Gasteiger partial charge >= 0.3 is 18.1 Å². The molecule has 0 spiro atoms. The Morgan fingerprint density at radius 3 is 1.96 bits per heavy atom. The molecule has 4 N–H and O–H groups in total. The third kappa shape index (κ3) is 13.7. The van der Waals surface area contributed by atoms with Crippen LogP contribution in [0.25, 0.3) is 0 Å². The number of nitrogens with zero attached hydrogens (tertiary/aromatic N) is 1. The lowest BCUT2D eigenvalue weighted by molar-refractivity contribution is -0.192. The predicted octanol–water partition coefficient (Wildman–Crippen LogP) is 4.43. The number of carboxylic acid groups (broad SMARTS) is 1. The number of hydrogen-bond donors (Lipinski definition) is 3. The summed E-state index contributed by atoms with van der Waals surface area (Å²) in [6, 6.07) is 22.2. The fourth-order valence-electron chi connectivity index (χ4n) is 4.28. The summed E-state index contributed by atoms with van der Waals surface area (Å²) in [6.07, 6.45) is -4.17. The number of methoxy groups -OCH3 is 2. The molecular weight excluding hydrogens is 626 g/mol. The SMILES string of the molecule is COC(=O)[C@H](CC(=O)NC(N)=N[C@H](Cc1ccccc1)C(=O)CCc1ccc(F)c(OC)c1)Cc1ccccc1.O=C(O)C(F)(F)F. The molecule has 0 saturated heterocycles. The number of nitrogens with two attached hydrogens (primary N) is 1. The van der Waals surface area contributed by atoms with Crippen LogP contribution < -0.4 is 15.8 Å². The highest BCUT2D eigenvalue weighted by Crippen LogP contribution is 2.20. The normalized spacial score (nSPS) is 12.5. The number of aliphatic carboxylic acids is 1. The summed E-state index contributed by atoms with van der Waals surface area (Å²) in [6.45, 7) is 0. The summed E-state index contributed by atoms with van der Waals surface area (Å²) in [4.78, 5) is 51.6. The van der Waals surface area contributed by atoms with E-state index in [4.69, 9.17) is 25.1 Å². The number of benzene rings is 3. The number of carboxylic acids is 1. The van der Waals surface area contributed by atoms with Crippen LogP contribution in [0.3, 0.4) is 0 Å². The number of rotatable bonds is 13. The number of carbonyl (C=O) groups excluding carboxylic acids is 3. The van der Waals surface area contributed by atoms with E-state index in [1.807, 2.05) is 60.7 Å². The molecular formula is C33H35F4N3O7. The number of nitrogens with one attached hydrogen (secondary N) is 1. The summed E-state index contributed by atoms with van der Waals surface area (Å²) in [7, 11) is 2.65. The molecule has 0 bridgehead atoms. The van der Waals surface area contributed by atoms with Gasteiger partial charge in [-0.15, -0.1) is 0 Å². The first-order valence-corrected chi connectivity index (χ1v) is 14.2. The van der Waals surface area contributed by atoms with Crippen LogP contribution in [0.1, 0.15) is 29.5 Å². The molecule has 0 aliphatic heterocycles. The second-order valence-corrected chi connectivity index (χ2v) is 10.1. The zero-order valence-electron chi connectivity index (χ0n) is 25.6. The molecule has 10 nitrogen and oxygen atoms in total. The molecule has 3 rings (SSSR count). The molecule has 0 saturated carbocycles. The summed E-state index contributed by atoms with van der Waals surface area (Å²) in [5.41, 5.74) is 8.56. The number of carbonyl (C=O) groups is 4. The maximum atomic E-state index is 13.8. The molecule has 47 heavy (non-hydrogen) atoms. The second-order valence-electron chi connectivity index (χ2n) is 10.1. The van der Waals surface area contributed by atoms with Gasteiger partial charge < -0.3 is 20.3 Å². The smallest absolute Gasteiger partial charge is 0.490 e. The summed E-state index contributed by atoms with van der Waals surface area (Å²) in [5, 5.41) is 9.64. The number of hydrogen-bond acceptors (Lipinski definition) is 7. The van der Waals surface area contributed by atoms with Gasteiger partial charge in [0.2, 0.25) is 5.91 Å². The molecule has 0 aliphatic rings. The zero-order valence-corrected chi connectivity index (χ0v) is 25.6. The number of alkyl halides is 3. The highest BCUT2D eigenvalue weighted by atomic mass is 19.4. The van der Waals surface area contributed by atoms with Crippen LogP contribution in [0.2, 0.25) is 0 Å². The van der Waals surface area contributed by atoms with Gasteiger partial charge in [-0.3, -0.25) is 19.7 Å². The van der Waals surface area contributed by atoms with E-state index in [1.165, 1.54) is 20.3 Å². The molecule has 0 fully saturated rings. The Bertz CT molecular complexity index is 1520. The van der Waals surface area contributed by atoms with Crippen molar-refractivity contribution in [3.05, 3.63) is 101 Å². The van der Waals surface area contributed by atoms with Crippen LogP contribution in [0, 0.1) is 11.7 Å². The van der Waals surface area contributed by atoms with Crippen molar-refractivity contribution < 1.29 is 51.3 Å². The molecule has 2 atom stereocenters. The average Bonchev–Trinajstić information content (AvgIpc) is 3.04. The van der Waals surface area contributed by atoms with Gasteiger partial charge in [0.15, 0.2) is 23.3 Å². The lowest BCUT2D eigenvalue weighted by Crippen LogP contribution is -2.40.